The van der Waals surface area contributed by atoms with Crippen LogP contribution in [0.25, 0.3) is 11.3 Å². The van der Waals surface area contributed by atoms with Crippen LogP contribution in [-0.2, 0) is 14.3 Å². The molecule has 0 bridgehead atoms. The van der Waals surface area contributed by atoms with Gasteiger partial charge in [0.05, 0.1) is 30.5 Å². The Morgan fingerprint density at radius 3 is 2.57 bits per heavy atom. The Hall–Kier alpha value is -3.44. The number of nitrogens with one attached hydrogen (secondary N) is 1. The largest absolute Gasteiger partial charge is 0.507 e. The van der Waals surface area contributed by atoms with E-state index in [1.807, 2.05) is 18.2 Å². The van der Waals surface area contributed by atoms with Crippen molar-refractivity contribution in [1.82, 2.24) is 24.9 Å². The van der Waals surface area contributed by atoms with Gasteiger partial charge in [0, 0.05) is 76.9 Å². The zero-order valence-corrected chi connectivity index (χ0v) is 24.4. The van der Waals surface area contributed by atoms with Crippen molar-refractivity contribution in [1.29, 1.82) is 0 Å². The highest BCUT2D eigenvalue weighted by molar-refractivity contribution is 5.77. The summed E-state index contributed by atoms with van der Waals surface area (Å²) < 4.78 is 4.90. The average Bonchev–Trinajstić information content (AvgIpc) is 2.98. The summed E-state index contributed by atoms with van der Waals surface area (Å²) in [6, 6.07) is 10.1. The number of aromatic nitrogens is 2. The highest BCUT2D eigenvalue weighted by Gasteiger charge is 2.56. The molecule has 1 aromatic carbocycles. The number of ether oxygens (including phenoxy) is 1. The predicted molar refractivity (Wildman–Crippen MR) is 158 cm³/mol. The minimum atomic E-state index is -0.0482. The number of nitrogens with zero attached hydrogens (tertiary/aromatic N) is 6. The van der Waals surface area contributed by atoms with Gasteiger partial charge in [0.2, 0.25) is 5.91 Å². The molecule has 224 valence electrons. The number of methoxy groups -OCH3 is 1. The lowest BCUT2D eigenvalue weighted by molar-refractivity contribution is -0.163. The van der Waals surface area contributed by atoms with Crippen LogP contribution in [0.4, 0.5) is 11.5 Å². The van der Waals surface area contributed by atoms with Gasteiger partial charge in [0.1, 0.15) is 5.75 Å². The number of carbonyl (C=O) groups excluding carboxylic acids is 2. The first-order valence-electron chi connectivity index (χ1n) is 15.4. The van der Waals surface area contributed by atoms with Crippen LogP contribution < -0.4 is 10.2 Å². The van der Waals surface area contributed by atoms with Gasteiger partial charge in [0.15, 0.2) is 5.82 Å². The lowest BCUT2D eigenvalue weighted by Crippen LogP contribution is -2.61. The van der Waals surface area contributed by atoms with Crippen LogP contribution in [0.2, 0.25) is 0 Å². The molecule has 1 aromatic heterocycles. The van der Waals surface area contributed by atoms with Gasteiger partial charge >= 0.3 is 5.97 Å². The molecule has 2 aliphatic carbocycles. The van der Waals surface area contributed by atoms with Crippen molar-refractivity contribution in [2.45, 2.75) is 44.2 Å². The van der Waals surface area contributed by atoms with Crippen molar-refractivity contribution in [3.8, 4) is 17.0 Å². The van der Waals surface area contributed by atoms with Crippen molar-refractivity contribution in [3.63, 3.8) is 0 Å². The number of amides is 1. The van der Waals surface area contributed by atoms with E-state index in [9.17, 15) is 14.7 Å². The summed E-state index contributed by atoms with van der Waals surface area (Å²) in [5, 5.41) is 22.5. The fraction of sp³-hybridized carbons (Fsp3) is 0.613. The Labute approximate surface area is 246 Å². The van der Waals surface area contributed by atoms with Gasteiger partial charge in [-0.3, -0.25) is 19.4 Å². The molecular weight excluding hydrogens is 534 g/mol. The summed E-state index contributed by atoms with van der Waals surface area (Å²) in [5.74, 6) is 1.30. The van der Waals surface area contributed by atoms with Crippen LogP contribution >= 0.6 is 0 Å². The van der Waals surface area contributed by atoms with E-state index in [1.165, 1.54) is 20.0 Å². The molecule has 5 aliphatic rings. The second-order valence-electron chi connectivity index (χ2n) is 12.9. The van der Waals surface area contributed by atoms with Crippen molar-refractivity contribution in [3.05, 3.63) is 30.3 Å². The minimum Gasteiger partial charge on any atom is -0.507 e. The summed E-state index contributed by atoms with van der Waals surface area (Å²) in [6.07, 6.45) is 4.90. The predicted octanol–water partition coefficient (Wildman–Crippen LogP) is 2.03. The monoisotopic (exact) mass is 575 g/mol. The van der Waals surface area contributed by atoms with E-state index < -0.39 is 0 Å². The SMILES string of the molecule is COC(=O)C1CC2(C1)CC(N1CCN(C(=O)CCN3CCN4c5cc(-c6ccccc6O)nnc5NC[C@H]4C3)CC1)C2. The van der Waals surface area contributed by atoms with Crippen molar-refractivity contribution in [2.24, 2.45) is 11.3 Å². The molecule has 11 heteroatoms. The molecule has 7 rings (SSSR count). The van der Waals surface area contributed by atoms with Crippen LogP contribution in [0.1, 0.15) is 32.1 Å². The van der Waals surface area contributed by atoms with Crippen LogP contribution in [-0.4, -0.2) is 120 Å². The average molecular weight is 576 g/mol. The molecule has 2 N–H and O–H groups in total. The molecule has 3 aliphatic heterocycles. The minimum absolute atomic E-state index is 0.0482. The molecular formula is C31H41N7O4. The number of fused-ring (bicyclic) bond motifs is 3. The van der Waals surface area contributed by atoms with Crippen molar-refractivity contribution < 1.29 is 19.4 Å². The maximum absolute atomic E-state index is 13.1. The van der Waals surface area contributed by atoms with Crippen LogP contribution in [0.15, 0.2) is 30.3 Å². The summed E-state index contributed by atoms with van der Waals surface area (Å²) >= 11 is 0. The van der Waals surface area contributed by atoms with Crippen LogP contribution in [0.5, 0.6) is 5.75 Å². The number of esters is 1. The number of anilines is 2. The molecule has 4 heterocycles. The molecule has 2 aromatic rings. The smallest absolute Gasteiger partial charge is 0.308 e. The third kappa shape index (κ3) is 5.06. The normalized spacial score (nSPS) is 29.1. The lowest BCUT2D eigenvalue weighted by Gasteiger charge is -2.60. The Morgan fingerprint density at radius 2 is 1.81 bits per heavy atom. The summed E-state index contributed by atoms with van der Waals surface area (Å²) in [7, 11) is 1.48. The first-order chi connectivity index (χ1) is 20.4. The second kappa shape index (κ2) is 11.0. The van der Waals surface area contributed by atoms with Gasteiger partial charge in [-0.1, -0.05) is 12.1 Å². The van der Waals surface area contributed by atoms with Gasteiger partial charge in [0.25, 0.3) is 0 Å². The number of phenols is 1. The number of hydrogen-bond donors (Lipinski definition) is 2. The number of piperazine rings is 2. The fourth-order valence-corrected chi connectivity index (χ4v) is 7.98. The molecule has 2 saturated heterocycles. The molecule has 1 amide bonds. The molecule has 42 heavy (non-hydrogen) atoms. The Bertz CT molecular complexity index is 1330. The van der Waals surface area contributed by atoms with Gasteiger partial charge < -0.3 is 25.0 Å². The maximum Gasteiger partial charge on any atom is 0.308 e. The van der Waals surface area contributed by atoms with Gasteiger partial charge in [-0.15, -0.1) is 10.2 Å². The molecule has 11 nitrogen and oxygen atoms in total. The topological polar surface area (TPSA) is 114 Å². The lowest BCUT2D eigenvalue weighted by atomic mass is 9.49. The number of aromatic hydroxyl groups is 1. The van der Waals surface area contributed by atoms with Gasteiger partial charge in [-0.2, -0.15) is 0 Å². The maximum atomic E-state index is 13.1. The molecule has 2 saturated carbocycles. The molecule has 1 atom stereocenters. The first kappa shape index (κ1) is 27.4. The van der Waals surface area contributed by atoms with Crippen molar-refractivity contribution in [2.75, 3.05) is 76.2 Å². The van der Waals surface area contributed by atoms with Gasteiger partial charge in [-0.05, 0) is 49.3 Å². The first-order valence-corrected chi connectivity index (χ1v) is 15.4. The zero-order valence-electron chi connectivity index (χ0n) is 24.4. The van der Waals surface area contributed by atoms with Crippen molar-refractivity contribution >= 4 is 23.4 Å². The highest BCUT2D eigenvalue weighted by Crippen LogP contribution is 2.60. The molecule has 4 fully saturated rings. The second-order valence-corrected chi connectivity index (χ2v) is 12.9. The summed E-state index contributed by atoms with van der Waals surface area (Å²) in [5.41, 5.74) is 2.73. The van der Waals surface area contributed by atoms with E-state index in [1.54, 1.807) is 12.1 Å². The Balaban J connectivity index is 0.862. The van der Waals surface area contributed by atoms with E-state index in [2.05, 4.69) is 35.1 Å². The third-order valence-corrected chi connectivity index (χ3v) is 10.4. The number of carbonyl (C=O) groups is 2. The quantitative estimate of drug-likeness (QED) is 0.496. The van der Waals surface area contributed by atoms with Crippen LogP contribution in [0.3, 0.4) is 0 Å². The molecule has 0 unspecified atom stereocenters. The summed E-state index contributed by atoms with van der Waals surface area (Å²) in [6.45, 7) is 7.73. The Kier molecular flexibility index (Phi) is 7.17. The van der Waals surface area contributed by atoms with E-state index in [4.69, 9.17) is 4.74 Å². The van der Waals surface area contributed by atoms with Gasteiger partial charge in [-0.25, -0.2) is 0 Å². The van der Waals surface area contributed by atoms with E-state index in [-0.39, 0.29) is 29.6 Å². The standard InChI is InChI=1S/C31H41N7O4/c1-42-30(41)21-15-31(16-21)17-22(18-31)36-9-11-37(12-10-36)28(40)6-7-35-8-13-38-23(20-35)19-32-29-26(38)14-25(33-34-29)24-4-2-3-5-27(24)39/h2-5,14,21-23,39H,6-13,15-20H2,1H3,(H,32,34)/t21?,22?,23-,31?/m0/s1. The number of benzene rings is 1. The zero-order chi connectivity index (χ0) is 28.8. The van der Waals surface area contributed by atoms with Crippen LogP contribution in [0, 0.1) is 11.3 Å². The number of para-hydroxylation sites is 1. The van der Waals surface area contributed by atoms with E-state index in [0.29, 0.717) is 29.1 Å². The summed E-state index contributed by atoms with van der Waals surface area (Å²) in [4.78, 5) is 34.3. The fourth-order valence-electron chi connectivity index (χ4n) is 7.98. The van der Waals surface area contributed by atoms with E-state index in [0.717, 1.165) is 83.2 Å². The highest BCUT2D eigenvalue weighted by atomic mass is 16.5. The number of rotatable bonds is 6. The molecule has 1 spiro atoms. The number of hydrogen-bond acceptors (Lipinski definition) is 10. The third-order valence-electron chi connectivity index (χ3n) is 10.4. The molecule has 0 radical (unpaired) electrons. The Morgan fingerprint density at radius 1 is 1.02 bits per heavy atom. The van der Waals surface area contributed by atoms with E-state index >= 15 is 0 Å². The number of phenolic OH excluding ortho intramolecular Hbond substituents is 1.